The Kier molecular flexibility index (Phi) is 10.3. The van der Waals surface area contributed by atoms with Gasteiger partial charge in [-0.2, -0.15) is 0 Å². The second-order valence-electron chi connectivity index (χ2n) is 11.7. The van der Waals surface area contributed by atoms with Crippen LogP contribution in [-0.2, 0) is 23.1 Å². The van der Waals surface area contributed by atoms with E-state index in [0.717, 1.165) is 45.9 Å². The zero-order valence-corrected chi connectivity index (χ0v) is 26.2. The molecule has 0 amide bonds. The van der Waals surface area contributed by atoms with E-state index >= 15 is 0 Å². The predicted octanol–water partition coefficient (Wildman–Crippen LogP) is 8.23. The SMILES string of the molecule is COc1ccc(C(c2ccc(OC)cc2)(c2ccc(OC)c(CC#CCC(=O)CCc3ccccc3)c2)C(C)(C)C)cc1. The number of ether oxygens (including phenoxy) is 3. The molecule has 0 spiro atoms. The van der Waals surface area contributed by atoms with Gasteiger partial charge in [0, 0.05) is 23.8 Å². The van der Waals surface area contributed by atoms with E-state index in [9.17, 15) is 4.79 Å². The Bertz CT molecular complexity index is 1500. The van der Waals surface area contributed by atoms with Crippen molar-refractivity contribution in [2.75, 3.05) is 21.3 Å². The highest BCUT2D eigenvalue weighted by Gasteiger charge is 2.46. The number of ketones is 1. The van der Waals surface area contributed by atoms with Gasteiger partial charge in [-0.15, -0.1) is 0 Å². The zero-order chi connectivity index (χ0) is 30.9. The fourth-order valence-corrected chi connectivity index (χ4v) is 5.97. The Morgan fingerprint density at radius 1 is 0.674 bits per heavy atom. The van der Waals surface area contributed by atoms with Crippen molar-refractivity contribution in [2.24, 2.45) is 5.41 Å². The van der Waals surface area contributed by atoms with Gasteiger partial charge >= 0.3 is 0 Å². The summed E-state index contributed by atoms with van der Waals surface area (Å²) in [5.41, 5.74) is 4.83. The van der Waals surface area contributed by atoms with Crippen LogP contribution in [0.15, 0.2) is 97.1 Å². The molecular weight excluding hydrogens is 532 g/mol. The summed E-state index contributed by atoms with van der Waals surface area (Å²) >= 11 is 0. The third-order valence-corrected chi connectivity index (χ3v) is 8.11. The van der Waals surface area contributed by atoms with Gasteiger partial charge in [-0.05, 0) is 70.5 Å². The van der Waals surface area contributed by atoms with E-state index in [4.69, 9.17) is 14.2 Å². The number of rotatable bonds is 11. The van der Waals surface area contributed by atoms with Gasteiger partial charge in [-0.25, -0.2) is 0 Å². The van der Waals surface area contributed by atoms with Crippen LogP contribution in [-0.4, -0.2) is 27.1 Å². The predicted molar refractivity (Wildman–Crippen MR) is 174 cm³/mol. The summed E-state index contributed by atoms with van der Waals surface area (Å²) in [6.45, 7) is 6.81. The van der Waals surface area contributed by atoms with Crippen LogP contribution in [0.25, 0.3) is 0 Å². The topological polar surface area (TPSA) is 44.8 Å². The number of methoxy groups -OCH3 is 3. The van der Waals surface area contributed by atoms with E-state index in [-0.39, 0.29) is 17.6 Å². The Morgan fingerprint density at radius 3 is 1.74 bits per heavy atom. The van der Waals surface area contributed by atoms with Crippen molar-refractivity contribution >= 4 is 5.78 Å². The monoisotopic (exact) mass is 574 g/mol. The van der Waals surface area contributed by atoms with E-state index in [1.54, 1.807) is 21.3 Å². The van der Waals surface area contributed by atoms with Crippen LogP contribution in [0.4, 0.5) is 0 Å². The summed E-state index contributed by atoms with van der Waals surface area (Å²) in [7, 11) is 5.05. The molecule has 0 aromatic heterocycles. The van der Waals surface area contributed by atoms with E-state index < -0.39 is 5.41 Å². The molecule has 0 aliphatic rings. The fraction of sp³-hybridized carbons (Fsp3) is 0.308. The lowest BCUT2D eigenvalue weighted by Gasteiger charge is -2.47. The van der Waals surface area contributed by atoms with Gasteiger partial charge in [0.2, 0.25) is 0 Å². The van der Waals surface area contributed by atoms with Crippen LogP contribution in [0.5, 0.6) is 17.2 Å². The molecule has 4 aromatic rings. The highest BCUT2D eigenvalue weighted by atomic mass is 16.5. The summed E-state index contributed by atoms with van der Waals surface area (Å²) in [6.07, 6.45) is 1.96. The van der Waals surface area contributed by atoms with Gasteiger partial charge in [-0.3, -0.25) is 4.79 Å². The number of hydrogen-bond acceptors (Lipinski definition) is 4. The van der Waals surface area contributed by atoms with Crippen LogP contribution in [0.1, 0.15) is 61.4 Å². The fourth-order valence-electron chi connectivity index (χ4n) is 5.97. The lowest BCUT2D eigenvalue weighted by atomic mass is 9.55. The van der Waals surface area contributed by atoms with Crippen molar-refractivity contribution in [3.63, 3.8) is 0 Å². The molecule has 222 valence electrons. The van der Waals surface area contributed by atoms with Crippen LogP contribution in [0.3, 0.4) is 0 Å². The average Bonchev–Trinajstić information content (AvgIpc) is 3.03. The largest absolute Gasteiger partial charge is 0.497 e. The highest BCUT2D eigenvalue weighted by molar-refractivity contribution is 5.81. The quantitative estimate of drug-likeness (QED) is 0.134. The zero-order valence-electron chi connectivity index (χ0n) is 26.2. The van der Waals surface area contributed by atoms with Crippen molar-refractivity contribution in [3.05, 3.63) is 125 Å². The number of hydrogen-bond donors (Lipinski definition) is 0. The first kappa shape index (κ1) is 31.4. The van der Waals surface area contributed by atoms with Crippen LogP contribution in [0.2, 0.25) is 0 Å². The standard InChI is InChI=1S/C39H42O4/c1-38(2,3)39(31-17-23-35(41-4)24-18-31,32-19-25-36(42-5)26-20-32)33-21-27-37(43-6)30(28-33)14-10-11-15-34(40)22-16-29-12-8-7-9-13-29/h7-9,12-13,17-21,23-28H,14-16,22H2,1-6H3. The van der Waals surface area contributed by atoms with Crippen molar-refractivity contribution in [1.82, 2.24) is 0 Å². The van der Waals surface area contributed by atoms with E-state index in [1.807, 2.05) is 60.7 Å². The summed E-state index contributed by atoms with van der Waals surface area (Å²) in [4.78, 5) is 12.5. The van der Waals surface area contributed by atoms with Gasteiger partial charge in [0.1, 0.15) is 23.0 Å². The number of benzene rings is 4. The molecule has 0 fully saturated rings. The molecule has 0 saturated heterocycles. The minimum Gasteiger partial charge on any atom is -0.497 e. The van der Waals surface area contributed by atoms with Gasteiger partial charge in [0.15, 0.2) is 0 Å². The molecule has 0 aliphatic heterocycles. The first-order valence-corrected chi connectivity index (χ1v) is 14.7. The maximum atomic E-state index is 12.5. The second-order valence-corrected chi connectivity index (χ2v) is 11.7. The molecule has 4 nitrogen and oxygen atoms in total. The second kappa shape index (κ2) is 14.1. The molecule has 4 rings (SSSR count). The normalized spacial score (nSPS) is 11.3. The third kappa shape index (κ3) is 7.12. The molecule has 0 saturated carbocycles. The maximum absolute atomic E-state index is 12.5. The molecule has 0 N–H and O–H groups in total. The molecule has 43 heavy (non-hydrogen) atoms. The first-order chi connectivity index (χ1) is 20.7. The number of aryl methyl sites for hydroxylation is 1. The number of carbonyl (C=O) groups is 1. The molecule has 0 atom stereocenters. The first-order valence-electron chi connectivity index (χ1n) is 14.7. The van der Waals surface area contributed by atoms with Crippen molar-refractivity contribution in [3.8, 4) is 29.1 Å². The van der Waals surface area contributed by atoms with Crippen LogP contribution in [0, 0.1) is 17.3 Å². The maximum Gasteiger partial charge on any atom is 0.145 e. The molecule has 0 radical (unpaired) electrons. The Labute approximate surface area is 257 Å². The molecule has 0 heterocycles. The molecule has 0 unspecified atom stereocenters. The van der Waals surface area contributed by atoms with Crippen molar-refractivity contribution in [2.45, 2.75) is 51.9 Å². The molecule has 0 aliphatic carbocycles. The van der Waals surface area contributed by atoms with Gasteiger partial charge in [-0.1, -0.05) is 93.3 Å². The summed E-state index contributed by atoms with van der Waals surface area (Å²) in [5, 5.41) is 0. The smallest absolute Gasteiger partial charge is 0.145 e. The minimum absolute atomic E-state index is 0.155. The Hall–Kier alpha value is -4.49. The average molecular weight is 575 g/mol. The van der Waals surface area contributed by atoms with E-state index in [0.29, 0.717) is 12.8 Å². The lowest BCUT2D eigenvalue weighted by Crippen LogP contribution is -2.42. The summed E-state index contributed by atoms with van der Waals surface area (Å²) < 4.78 is 16.8. The molecule has 4 heteroatoms. The number of carbonyl (C=O) groups excluding carboxylic acids is 1. The molecule has 4 aromatic carbocycles. The minimum atomic E-state index is -0.520. The van der Waals surface area contributed by atoms with Gasteiger partial charge < -0.3 is 14.2 Å². The summed E-state index contributed by atoms with van der Waals surface area (Å²) in [5.74, 6) is 8.92. The van der Waals surface area contributed by atoms with Crippen molar-refractivity contribution < 1.29 is 19.0 Å². The number of Topliss-reactive ketones (excluding diaryl/α,β-unsaturated/α-hetero) is 1. The van der Waals surface area contributed by atoms with E-state index in [2.05, 4.69) is 69.0 Å². The molecule has 0 bridgehead atoms. The van der Waals surface area contributed by atoms with Gasteiger partial charge in [0.05, 0.1) is 27.8 Å². The van der Waals surface area contributed by atoms with Crippen LogP contribution >= 0.6 is 0 Å². The highest BCUT2D eigenvalue weighted by Crippen LogP contribution is 2.52. The lowest BCUT2D eigenvalue weighted by molar-refractivity contribution is -0.118. The van der Waals surface area contributed by atoms with Crippen molar-refractivity contribution in [1.29, 1.82) is 0 Å². The van der Waals surface area contributed by atoms with Crippen LogP contribution < -0.4 is 14.2 Å². The molecular formula is C39H42O4. The Balaban J connectivity index is 1.71. The van der Waals surface area contributed by atoms with E-state index in [1.165, 1.54) is 5.56 Å². The third-order valence-electron chi connectivity index (χ3n) is 8.11. The van der Waals surface area contributed by atoms with Gasteiger partial charge in [0.25, 0.3) is 0 Å². The summed E-state index contributed by atoms with van der Waals surface area (Å²) in [6, 6.07) is 33.2. The Morgan fingerprint density at radius 2 is 1.23 bits per heavy atom.